The van der Waals surface area contributed by atoms with E-state index in [1.54, 1.807) is 6.92 Å². The van der Waals surface area contributed by atoms with Crippen molar-refractivity contribution in [1.29, 1.82) is 0 Å². The Balaban J connectivity index is 2.15. The van der Waals surface area contributed by atoms with Crippen molar-refractivity contribution in [3.05, 3.63) is 44.9 Å². The van der Waals surface area contributed by atoms with Crippen LogP contribution in [0.25, 0.3) is 0 Å². The first-order valence-corrected chi connectivity index (χ1v) is 7.24. The monoisotopic (exact) mass is 340 g/mol. The number of hydrogen-bond donors (Lipinski definition) is 1. The molecule has 0 saturated carbocycles. The lowest BCUT2D eigenvalue weighted by atomic mass is 10.2. The molecular weight excluding hydrogens is 328 g/mol. The molecule has 0 atom stereocenters. The zero-order valence-electron chi connectivity index (χ0n) is 10.6. The molecule has 0 aliphatic carbocycles. The Bertz CT molecular complexity index is 595. The first-order chi connectivity index (χ1) is 8.97. The maximum atomic E-state index is 11.0. The number of nitrogens with zero attached hydrogens (tertiary/aromatic N) is 2. The van der Waals surface area contributed by atoms with Gasteiger partial charge in [-0.25, -0.2) is 9.78 Å². The molecule has 0 fully saturated rings. The van der Waals surface area contributed by atoms with Crippen molar-refractivity contribution < 1.29 is 9.90 Å². The summed E-state index contributed by atoms with van der Waals surface area (Å²) in [6.07, 6.45) is 0. The highest BCUT2D eigenvalue weighted by Gasteiger charge is 2.16. The van der Waals surface area contributed by atoms with Gasteiger partial charge in [0, 0.05) is 18.1 Å². The van der Waals surface area contributed by atoms with E-state index >= 15 is 0 Å². The number of benzene rings is 1. The van der Waals surface area contributed by atoms with Gasteiger partial charge in [-0.3, -0.25) is 0 Å². The maximum Gasteiger partial charge on any atom is 0.347 e. The second-order valence-electron chi connectivity index (χ2n) is 4.20. The number of carbonyl (C=O) groups is 1. The highest BCUT2D eigenvalue weighted by molar-refractivity contribution is 9.10. The SMILES string of the molecule is Cc1nc(N(C)Cc2ccc(Br)cc2)sc1C(=O)O. The third-order valence-electron chi connectivity index (χ3n) is 2.64. The van der Waals surface area contributed by atoms with Gasteiger partial charge in [-0.1, -0.05) is 39.4 Å². The molecule has 100 valence electrons. The summed E-state index contributed by atoms with van der Waals surface area (Å²) in [4.78, 5) is 17.6. The molecule has 2 aromatic rings. The van der Waals surface area contributed by atoms with Gasteiger partial charge in [0.25, 0.3) is 0 Å². The molecule has 0 aliphatic heterocycles. The first kappa shape index (κ1) is 14.0. The van der Waals surface area contributed by atoms with Crippen LogP contribution in [0.4, 0.5) is 5.13 Å². The summed E-state index contributed by atoms with van der Waals surface area (Å²) in [5.74, 6) is -0.918. The van der Waals surface area contributed by atoms with Crippen molar-refractivity contribution in [2.24, 2.45) is 0 Å². The minimum Gasteiger partial charge on any atom is -0.477 e. The smallest absolute Gasteiger partial charge is 0.347 e. The lowest BCUT2D eigenvalue weighted by Crippen LogP contribution is -2.15. The molecule has 0 aliphatic rings. The number of carboxylic acid groups (broad SMARTS) is 1. The lowest BCUT2D eigenvalue weighted by Gasteiger charge is -2.15. The number of rotatable bonds is 4. The summed E-state index contributed by atoms with van der Waals surface area (Å²) in [7, 11) is 1.91. The van der Waals surface area contributed by atoms with E-state index in [0.29, 0.717) is 17.1 Å². The Hall–Kier alpha value is -1.40. The Morgan fingerprint density at radius 3 is 2.58 bits per heavy atom. The Labute approximate surface area is 123 Å². The van der Waals surface area contributed by atoms with E-state index in [2.05, 4.69) is 20.9 Å². The number of aromatic carboxylic acids is 1. The van der Waals surface area contributed by atoms with Crippen molar-refractivity contribution in [2.45, 2.75) is 13.5 Å². The number of hydrogen-bond acceptors (Lipinski definition) is 4. The van der Waals surface area contributed by atoms with Crippen LogP contribution in [0, 0.1) is 6.92 Å². The van der Waals surface area contributed by atoms with Crippen molar-refractivity contribution in [3.8, 4) is 0 Å². The van der Waals surface area contributed by atoms with Gasteiger partial charge in [0.05, 0.1) is 5.69 Å². The molecule has 1 heterocycles. The van der Waals surface area contributed by atoms with Gasteiger partial charge < -0.3 is 10.0 Å². The summed E-state index contributed by atoms with van der Waals surface area (Å²) in [5.41, 5.74) is 1.71. The zero-order chi connectivity index (χ0) is 14.0. The molecule has 0 radical (unpaired) electrons. The van der Waals surface area contributed by atoms with Crippen LogP contribution in [0.1, 0.15) is 20.9 Å². The van der Waals surface area contributed by atoms with Crippen molar-refractivity contribution >= 4 is 38.4 Å². The number of thiazole rings is 1. The van der Waals surface area contributed by atoms with Crippen LogP contribution in [-0.4, -0.2) is 23.1 Å². The van der Waals surface area contributed by atoms with Crippen LogP contribution in [0.2, 0.25) is 0 Å². The summed E-state index contributed by atoms with van der Waals surface area (Å²) in [6, 6.07) is 8.02. The Morgan fingerprint density at radius 2 is 2.05 bits per heavy atom. The van der Waals surface area contributed by atoms with Crippen molar-refractivity contribution in [2.75, 3.05) is 11.9 Å². The lowest BCUT2D eigenvalue weighted by molar-refractivity contribution is 0.0701. The van der Waals surface area contributed by atoms with Gasteiger partial charge in [-0.15, -0.1) is 0 Å². The number of halogens is 1. The van der Waals surface area contributed by atoms with Crippen LogP contribution >= 0.6 is 27.3 Å². The molecule has 1 N–H and O–H groups in total. The number of aromatic nitrogens is 1. The Morgan fingerprint density at radius 1 is 1.42 bits per heavy atom. The van der Waals surface area contributed by atoms with Gasteiger partial charge >= 0.3 is 5.97 Å². The van der Waals surface area contributed by atoms with E-state index in [1.807, 2.05) is 36.2 Å². The summed E-state index contributed by atoms with van der Waals surface area (Å²) in [5, 5.41) is 9.75. The molecule has 2 rings (SSSR count). The van der Waals surface area contributed by atoms with E-state index in [1.165, 1.54) is 11.3 Å². The Kier molecular flexibility index (Phi) is 4.21. The topological polar surface area (TPSA) is 53.4 Å². The van der Waals surface area contributed by atoms with Gasteiger partial charge in [0.1, 0.15) is 4.88 Å². The van der Waals surface area contributed by atoms with Crippen LogP contribution in [-0.2, 0) is 6.54 Å². The summed E-state index contributed by atoms with van der Waals surface area (Å²) >= 11 is 4.60. The molecule has 0 unspecified atom stereocenters. The number of aryl methyl sites for hydroxylation is 1. The second-order valence-corrected chi connectivity index (χ2v) is 6.09. The molecule has 4 nitrogen and oxygen atoms in total. The quantitative estimate of drug-likeness (QED) is 0.924. The molecule has 19 heavy (non-hydrogen) atoms. The third kappa shape index (κ3) is 3.33. The van der Waals surface area contributed by atoms with Crippen LogP contribution in [0.3, 0.4) is 0 Å². The molecule has 0 spiro atoms. The highest BCUT2D eigenvalue weighted by atomic mass is 79.9. The third-order valence-corrected chi connectivity index (χ3v) is 4.43. The largest absolute Gasteiger partial charge is 0.477 e. The van der Waals surface area contributed by atoms with Crippen molar-refractivity contribution in [1.82, 2.24) is 4.98 Å². The van der Waals surface area contributed by atoms with E-state index in [9.17, 15) is 4.79 Å². The highest BCUT2D eigenvalue weighted by Crippen LogP contribution is 2.26. The molecule has 1 aromatic heterocycles. The normalized spacial score (nSPS) is 10.5. The fourth-order valence-corrected chi connectivity index (χ4v) is 2.81. The van der Waals surface area contributed by atoms with Crippen LogP contribution in [0.15, 0.2) is 28.7 Å². The van der Waals surface area contributed by atoms with Gasteiger partial charge in [-0.05, 0) is 24.6 Å². The molecular formula is C13H13BrN2O2S. The summed E-state index contributed by atoms with van der Waals surface area (Å²) < 4.78 is 1.04. The van der Waals surface area contributed by atoms with E-state index in [-0.39, 0.29) is 0 Å². The predicted octanol–water partition coefficient (Wildman–Crippen LogP) is 3.55. The standard InChI is InChI=1S/C13H13BrN2O2S/c1-8-11(12(17)18)19-13(15-8)16(2)7-9-3-5-10(14)6-4-9/h3-6H,7H2,1-2H3,(H,17,18). The van der Waals surface area contributed by atoms with Crippen LogP contribution < -0.4 is 4.90 Å². The number of anilines is 1. The molecule has 0 bridgehead atoms. The van der Waals surface area contributed by atoms with Gasteiger partial charge in [-0.2, -0.15) is 0 Å². The molecule has 1 aromatic carbocycles. The molecule has 0 saturated heterocycles. The van der Waals surface area contributed by atoms with E-state index in [4.69, 9.17) is 5.11 Å². The minimum absolute atomic E-state index is 0.303. The van der Waals surface area contributed by atoms with Gasteiger partial charge in [0.2, 0.25) is 0 Å². The first-order valence-electron chi connectivity index (χ1n) is 5.63. The zero-order valence-corrected chi connectivity index (χ0v) is 13.0. The summed E-state index contributed by atoms with van der Waals surface area (Å²) in [6.45, 7) is 2.41. The predicted molar refractivity (Wildman–Crippen MR) is 80.1 cm³/mol. The molecule has 6 heteroatoms. The fourth-order valence-electron chi connectivity index (χ4n) is 1.68. The average molecular weight is 341 g/mol. The fraction of sp³-hybridized carbons (Fsp3) is 0.231. The number of carboxylic acids is 1. The van der Waals surface area contributed by atoms with E-state index < -0.39 is 5.97 Å². The minimum atomic E-state index is -0.918. The maximum absolute atomic E-state index is 11.0. The van der Waals surface area contributed by atoms with Gasteiger partial charge in [0.15, 0.2) is 5.13 Å². The van der Waals surface area contributed by atoms with E-state index in [0.717, 1.165) is 15.2 Å². The van der Waals surface area contributed by atoms with Crippen LogP contribution in [0.5, 0.6) is 0 Å². The average Bonchev–Trinajstić information content (AvgIpc) is 2.74. The second kappa shape index (κ2) is 5.71. The molecule has 0 amide bonds. The van der Waals surface area contributed by atoms with Crippen molar-refractivity contribution in [3.63, 3.8) is 0 Å².